The van der Waals surface area contributed by atoms with Crippen LogP contribution in [0.1, 0.15) is 62.5 Å². The molecule has 0 spiro atoms. The third-order valence-corrected chi connectivity index (χ3v) is 5.72. The van der Waals surface area contributed by atoms with E-state index in [1.54, 1.807) is 0 Å². The maximum absolute atomic E-state index is 6.00. The Kier molecular flexibility index (Phi) is 5.81. The van der Waals surface area contributed by atoms with Gasteiger partial charge in [0.2, 0.25) is 0 Å². The third-order valence-electron chi connectivity index (χ3n) is 4.50. The Hall–Kier alpha value is -0.450. The van der Waals surface area contributed by atoms with Gasteiger partial charge in [0.25, 0.3) is 0 Å². The van der Waals surface area contributed by atoms with E-state index < -0.39 is 0 Å². The number of rotatable bonds is 6. The van der Waals surface area contributed by atoms with E-state index in [1.807, 2.05) is 11.3 Å². The predicted octanol–water partition coefficient (Wildman–Crippen LogP) is 4.04. The molecule has 1 aliphatic rings. The van der Waals surface area contributed by atoms with Gasteiger partial charge in [-0.15, -0.1) is 11.3 Å². The van der Waals surface area contributed by atoms with Crippen LogP contribution < -0.4 is 5.32 Å². The third kappa shape index (κ3) is 3.66. The number of ether oxygens (including phenoxy) is 1. The molecule has 2 unspecified atom stereocenters. The van der Waals surface area contributed by atoms with Crippen LogP contribution in [-0.2, 0) is 16.7 Å². The van der Waals surface area contributed by atoms with Gasteiger partial charge in [-0.25, -0.2) is 4.98 Å². The SMILES string of the molecule is CCCNC1(c2nc(CC)c(C)s2)CCOC(C(C)C)C1. The van der Waals surface area contributed by atoms with Crippen molar-refractivity contribution in [2.75, 3.05) is 13.2 Å². The fraction of sp³-hybridized carbons (Fsp3) is 0.824. The van der Waals surface area contributed by atoms with Crippen molar-refractivity contribution in [3.8, 4) is 0 Å². The summed E-state index contributed by atoms with van der Waals surface area (Å²) >= 11 is 1.88. The summed E-state index contributed by atoms with van der Waals surface area (Å²) in [5, 5.41) is 5.10. The Labute approximate surface area is 133 Å². The lowest BCUT2D eigenvalue weighted by Crippen LogP contribution is -2.50. The van der Waals surface area contributed by atoms with E-state index in [0.29, 0.717) is 12.0 Å². The highest BCUT2D eigenvalue weighted by Gasteiger charge is 2.41. The maximum Gasteiger partial charge on any atom is 0.113 e. The van der Waals surface area contributed by atoms with Crippen molar-refractivity contribution in [2.24, 2.45) is 5.92 Å². The molecule has 2 atom stereocenters. The molecule has 1 aromatic heterocycles. The number of aromatic nitrogens is 1. The van der Waals surface area contributed by atoms with Crippen LogP contribution >= 0.6 is 11.3 Å². The number of hydrogen-bond donors (Lipinski definition) is 1. The van der Waals surface area contributed by atoms with E-state index in [4.69, 9.17) is 9.72 Å². The summed E-state index contributed by atoms with van der Waals surface area (Å²) in [7, 11) is 0. The normalized spacial score (nSPS) is 26.5. The van der Waals surface area contributed by atoms with Gasteiger partial charge >= 0.3 is 0 Å². The fourth-order valence-electron chi connectivity index (χ4n) is 3.07. The monoisotopic (exact) mass is 310 g/mol. The second-order valence-corrected chi connectivity index (χ2v) is 7.69. The van der Waals surface area contributed by atoms with Crippen molar-refractivity contribution in [3.05, 3.63) is 15.6 Å². The molecule has 1 saturated heterocycles. The lowest BCUT2D eigenvalue weighted by atomic mass is 9.83. The quantitative estimate of drug-likeness (QED) is 0.861. The van der Waals surface area contributed by atoms with Gasteiger partial charge in [0, 0.05) is 11.5 Å². The highest BCUT2D eigenvalue weighted by molar-refractivity contribution is 7.11. The lowest BCUT2D eigenvalue weighted by Gasteiger charge is -2.41. The molecule has 2 rings (SSSR count). The smallest absolute Gasteiger partial charge is 0.113 e. The first-order valence-electron chi connectivity index (χ1n) is 8.35. The van der Waals surface area contributed by atoms with E-state index in [-0.39, 0.29) is 5.54 Å². The van der Waals surface area contributed by atoms with Crippen molar-refractivity contribution in [3.63, 3.8) is 0 Å². The van der Waals surface area contributed by atoms with E-state index in [0.717, 1.165) is 38.8 Å². The van der Waals surface area contributed by atoms with Crippen molar-refractivity contribution in [2.45, 2.75) is 71.9 Å². The minimum absolute atomic E-state index is 0.0199. The largest absolute Gasteiger partial charge is 0.378 e. The highest BCUT2D eigenvalue weighted by atomic mass is 32.1. The summed E-state index contributed by atoms with van der Waals surface area (Å²) in [5.41, 5.74) is 1.28. The molecule has 2 heterocycles. The number of hydrogen-bond acceptors (Lipinski definition) is 4. The Balaban J connectivity index is 2.31. The lowest BCUT2D eigenvalue weighted by molar-refractivity contribution is -0.0534. The van der Waals surface area contributed by atoms with E-state index in [9.17, 15) is 0 Å². The Morgan fingerprint density at radius 2 is 2.19 bits per heavy atom. The minimum atomic E-state index is 0.0199. The molecular weight excluding hydrogens is 280 g/mol. The van der Waals surface area contributed by atoms with Gasteiger partial charge in [-0.3, -0.25) is 0 Å². The molecule has 120 valence electrons. The molecule has 0 radical (unpaired) electrons. The number of aryl methyl sites for hydroxylation is 2. The summed E-state index contributed by atoms with van der Waals surface area (Å²) in [4.78, 5) is 6.34. The van der Waals surface area contributed by atoms with E-state index >= 15 is 0 Å². The van der Waals surface area contributed by atoms with Gasteiger partial charge in [0.1, 0.15) is 5.01 Å². The van der Waals surface area contributed by atoms with Crippen LogP contribution in [0, 0.1) is 12.8 Å². The second kappa shape index (κ2) is 7.21. The zero-order chi connectivity index (χ0) is 15.5. The minimum Gasteiger partial charge on any atom is -0.378 e. The Bertz CT molecular complexity index is 458. The summed E-state index contributed by atoms with van der Waals surface area (Å²) in [6, 6.07) is 0. The van der Waals surface area contributed by atoms with Crippen LogP contribution in [0.3, 0.4) is 0 Å². The van der Waals surface area contributed by atoms with Gasteiger partial charge in [0.15, 0.2) is 0 Å². The van der Waals surface area contributed by atoms with E-state index in [2.05, 4.69) is 39.9 Å². The molecule has 0 aromatic carbocycles. The summed E-state index contributed by atoms with van der Waals surface area (Å²) in [6.45, 7) is 13.0. The van der Waals surface area contributed by atoms with Crippen LogP contribution in [0.5, 0.6) is 0 Å². The molecule has 21 heavy (non-hydrogen) atoms. The molecule has 0 amide bonds. The van der Waals surface area contributed by atoms with Gasteiger partial charge in [0.05, 0.1) is 17.3 Å². The average Bonchev–Trinajstić information content (AvgIpc) is 2.87. The molecular formula is C17H30N2OS. The molecule has 1 aliphatic heterocycles. The van der Waals surface area contributed by atoms with Gasteiger partial charge in [-0.1, -0.05) is 27.7 Å². The number of nitrogens with one attached hydrogen (secondary N) is 1. The van der Waals surface area contributed by atoms with Crippen LogP contribution in [0.15, 0.2) is 0 Å². The first-order chi connectivity index (χ1) is 10.0. The summed E-state index contributed by atoms with van der Waals surface area (Å²) in [6.07, 6.45) is 4.58. The summed E-state index contributed by atoms with van der Waals surface area (Å²) in [5.74, 6) is 0.555. The molecule has 0 bridgehead atoms. The second-order valence-electron chi connectivity index (χ2n) is 6.49. The van der Waals surface area contributed by atoms with E-state index in [1.165, 1.54) is 15.6 Å². The standard InChI is InChI=1S/C17H30N2OS/c1-6-9-18-17(8-10-20-15(11-17)12(3)4)16-19-14(7-2)13(5)21-16/h12,15,18H,6-11H2,1-5H3. The first kappa shape index (κ1) is 16.9. The molecule has 1 aromatic rings. The zero-order valence-electron chi connectivity index (χ0n) is 14.2. The van der Waals surface area contributed by atoms with Crippen LogP contribution in [0.25, 0.3) is 0 Å². The van der Waals surface area contributed by atoms with Crippen LogP contribution in [0.2, 0.25) is 0 Å². The average molecular weight is 311 g/mol. The molecule has 0 aliphatic carbocycles. The Morgan fingerprint density at radius 1 is 1.43 bits per heavy atom. The number of thiazole rings is 1. The van der Waals surface area contributed by atoms with Gasteiger partial charge in [-0.2, -0.15) is 0 Å². The summed E-state index contributed by atoms with van der Waals surface area (Å²) < 4.78 is 6.00. The molecule has 1 fully saturated rings. The molecule has 4 heteroatoms. The molecule has 1 N–H and O–H groups in total. The fourth-order valence-corrected chi connectivity index (χ4v) is 4.28. The zero-order valence-corrected chi connectivity index (χ0v) is 15.0. The van der Waals surface area contributed by atoms with Crippen molar-refractivity contribution in [1.82, 2.24) is 10.3 Å². The maximum atomic E-state index is 6.00. The number of nitrogens with zero attached hydrogens (tertiary/aromatic N) is 1. The van der Waals surface area contributed by atoms with Gasteiger partial charge in [-0.05, 0) is 45.1 Å². The topological polar surface area (TPSA) is 34.2 Å². The predicted molar refractivity (Wildman–Crippen MR) is 90.0 cm³/mol. The molecule has 3 nitrogen and oxygen atoms in total. The van der Waals surface area contributed by atoms with Crippen LogP contribution in [-0.4, -0.2) is 24.2 Å². The van der Waals surface area contributed by atoms with Crippen molar-refractivity contribution in [1.29, 1.82) is 0 Å². The van der Waals surface area contributed by atoms with Crippen molar-refractivity contribution >= 4 is 11.3 Å². The van der Waals surface area contributed by atoms with Gasteiger partial charge < -0.3 is 10.1 Å². The van der Waals surface area contributed by atoms with Crippen LogP contribution in [0.4, 0.5) is 0 Å². The first-order valence-corrected chi connectivity index (χ1v) is 9.17. The Morgan fingerprint density at radius 3 is 2.76 bits per heavy atom. The highest BCUT2D eigenvalue weighted by Crippen LogP contribution is 2.39. The molecule has 0 saturated carbocycles. The van der Waals surface area contributed by atoms with Crippen molar-refractivity contribution < 1.29 is 4.74 Å².